The van der Waals surface area contributed by atoms with Gasteiger partial charge in [-0.05, 0) is 63.5 Å². The van der Waals surface area contributed by atoms with E-state index >= 15 is 0 Å². The lowest BCUT2D eigenvalue weighted by atomic mass is 10.0. The molecule has 1 aliphatic heterocycles. The number of nitrogens with zero attached hydrogens (tertiary/aromatic N) is 2. The molecule has 0 saturated carbocycles. The number of likely N-dealkylation sites (N-methyl/N-ethyl adjacent to an activating group) is 1. The highest BCUT2D eigenvalue weighted by Gasteiger charge is 2.31. The number of nitrogens with one attached hydrogen (secondary N) is 2. The Morgan fingerprint density at radius 3 is 2.38 bits per heavy atom. The van der Waals surface area contributed by atoms with E-state index in [1.807, 2.05) is 25.9 Å². The molecule has 37 heavy (non-hydrogen) atoms. The van der Waals surface area contributed by atoms with E-state index in [9.17, 15) is 27.9 Å². The first kappa shape index (κ1) is 28.3. The van der Waals surface area contributed by atoms with Gasteiger partial charge in [0.25, 0.3) is 0 Å². The summed E-state index contributed by atoms with van der Waals surface area (Å²) in [5, 5.41) is 14.9. The largest absolute Gasteiger partial charge is 0.488 e. The van der Waals surface area contributed by atoms with Gasteiger partial charge in [0.15, 0.2) is 0 Å². The number of aliphatic hydroxyl groups excluding tert-OH is 1. The van der Waals surface area contributed by atoms with Gasteiger partial charge in [0, 0.05) is 35.9 Å². The van der Waals surface area contributed by atoms with E-state index < -0.39 is 17.8 Å². The number of aliphatic hydroxyl groups is 1. The molecule has 202 valence electrons. The Balaban J connectivity index is 1.81. The number of carbonyl (C=O) groups is 2. The topological polar surface area (TPSA) is 94.1 Å². The number of fused-ring (bicyclic) bond motifs is 1. The van der Waals surface area contributed by atoms with Crippen molar-refractivity contribution in [3.8, 4) is 5.75 Å². The normalized spacial score (nSPS) is 19.3. The molecule has 3 rings (SSSR count). The molecule has 3 N–H and O–H groups in total. The standard InChI is InChI=1S/C26H33F3N4O4/c1-16-13-33(17(2)15-34)24(35)12-18-11-21(9-10-22(18)37-23(16)14-32(3)4)31-25(36)30-20-7-5-19(6-8-20)26(27,28)29/h5-11,16-17,23,34H,12-15H2,1-4H3,(H2,30,31,36)/t16-,17-,23+/m1/s1. The average Bonchev–Trinajstić information content (AvgIpc) is 2.86. The fraction of sp³-hybridized carbons (Fsp3) is 0.462. The van der Waals surface area contributed by atoms with E-state index in [0.29, 0.717) is 30.1 Å². The van der Waals surface area contributed by atoms with Gasteiger partial charge < -0.3 is 30.3 Å². The molecule has 2 aromatic carbocycles. The van der Waals surface area contributed by atoms with E-state index in [2.05, 4.69) is 10.6 Å². The van der Waals surface area contributed by atoms with Gasteiger partial charge in [-0.15, -0.1) is 0 Å². The molecule has 3 atom stereocenters. The van der Waals surface area contributed by atoms with Crippen molar-refractivity contribution >= 4 is 23.3 Å². The molecule has 2 aromatic rings. The zero-order chi connectivity index (χ0) is 27.3. The highest BCUT2D eigenvalue weighted by Crippen LogP contribution is 2.31. The molecule has 0 aromatic heterocycles. The van der Waals surface area contributed by atoms with Crippen LogP contribution in [0, 0.1) is 5.92 Å². The van der Waals surface area contributed by atoms with Crippen molar-refractivity contribution in [1.82, 2.24) is 9.80 Å². The average molecular weight is 523 g/mol. The number of rotatable bonds is 6. The lowest BCUT2D eigenvalue weighted by Crippen LogP contribution is -2.47. The first-order valence-corrected chi connectivity index (χ1v) is 12.0. The Bertz CT molecular complexity index is 1090. The fourth-order valence-electron chi connectivity index (χ4n) is 4.12. The maximum absolute atomic E-state index is 13.2. The zero-order valence-corrected chi connectivity index (χ0v) is 21.3. The molecular weight excluding hydrogens is 489 g/mol. The molecule has 0 aliphatic carbocycles. The Hall–Kier alpha value is -3.31. The van der Waals surface area contributed by atoms with Crippen molar-refractivity contribution in [2.24, 2.45) is 5.92 Å². The predicted molar refractivity (Wildman–Crippen MR) is 135 cm³/mol. The number of halogens is 3. The second-order valence-electron chi connectivity index (χ2n) is 9.63. The van der Waals surface area contributed by atoms with Gasteiger partial charge in [-0.25, -0.2) is 4.79 Å². The Kier molecular flexibility index (Phi) is 9.03. The molecule has 0 unspecified atom stereocenters. The Morgan fingerprint density at radius 2 is 1.78 bits per heavy atom. The minimum atomic E-state index is -4.46. The summed E-state index contributed by atoms with van der Waals surface area (Å²) in [4.78, 5) is 29.3. The number of hydrogen-bond acceptors (Lipinski definition) is 5. The predicted octanol–water partition coefficient (Wildman–Crippen LogP) is 4.06. The van der Waals surface area contributed by atoms with Gasteiger partial charge >= 0.3 is 12.2 Å². The van der Waals surface area contributed by atoms with Crippen molar-refractivity contribution in [2.75, 3.05) is 44.4 Å². The monoisotopic (exact) mass is 522 g/mol. The smallest absolute Gasteiger partial charge is 0.416 e. The van der Waals surface area contributed by atoms with E-state index in [0.717, 1.165) is 12.1 Å². The number of urea groups is 1. The van der Waals surface area contributed by atoms with Crippen LogP contribution in [-0.4, -0.2) is 72.8 Å². The van der Waals surface area contributed by atoms with Crippen LogP contribution in [-0.2, 0) is 17.4 Å². The van der Waals surface area contributed by atoms with Crippen molar-refractivity contribution in [1.29, 1.82) is 0 Å². The first-order chi connectivity index (χ1) is 17.4. The van der Waals surface area contributed by atoms with Gasteiger partial charge in [-0.1, -0.05) is 6.92 Å². The third-order valence-electron chi connectivity index (χ3n) is 6.19. The van der Waals surface area contributed by atoms with Crippen LogP contribution >= 0.6 is 0 Å². The van der Waals surface area contributed by atoms with Crippen molar-refractivity contribution < 1.29 is 32.6 Å². The molecule has 0 saturated heterocycles. The third kappa shape index (κ3) is 7.59. The van der Waals surface area contributed by atoms with Crippen LogP contribution in [0.4, 0.5) is 29.3 Å². The minimum absolute atomic E-state index is 0.0110. The summed E-state index contributed by atoms with van der Waals surface area (Å²) >= 11 is 0. The van der Waals surface area contributed by atoms with E-state index in [1.165, 1.54) is 12.1 Å². The Morgan fingerprint density at radius 1 is 1.16 bits per heavy atom. The molecule has 0 spiro atoms. The molecule has 0 radical (unpaired) electrons. The third-order valence-corrected chi connectivity index (χ3v) is 6.19. The number of benzene rings is 2. The molecule has 3 amide bonds. The van der Waals surface area contributed by atoms with Crippen LogP contribution in [0.3, 0.4) is 0 Å². The van der Waals surface area contributed by atoms with Gasteiger partial charge in [0.2, 0.25) is 5.91 Å². The van der Waals surface area contributed by atoms with E-state index in [1.54, 1.807) is 30.0 Å². The number of carbonyl (C=O) groups excluding carboxylic acids is 2. The van der Waals surface area contributed by atoms with Gasteiger partial charge in [-0.3, -0.25) is 4.79 Å². The summed E-state index contributed by atoms with van der Waals surface area (Å²) in [7, 11) is 3.87. The summed E-state index contributed by atoms with van der Waals surface area (Å²) in [6.07, 6.45) is -4.68. The van der Waals surface area contributed by atoms with Gasteiger partial charge in [0.05, 0.1) is 24.6 Å². The zero-order valence-electron chi connectivity index (χ0n) is 21.3. The van der Waals surface area contributed by atoms with Crippen LogP contribution in [0.5, 0.6) is 5.75 Å². The molecule has 8 nitrogen and oxygen atoms in total. The number of alkyl halides is 3. The maximum atomic E-state index is 13.2. The quantitative estimate of drug-likeness (QED) is 0.532. The summed E-state index contributed by atoms with van der Waals surface area (Å²) in [6.45, 7) is 4.66. The molecule has 0 bridgehead atoms. The maximum Gasteiger partial charge on any atom is 0.416 e. The molecule has 11 heteroatoms. The van der Waals surface area contributed by atoms with Crippen molar-refractivity contribution in [3.05, 3.63) is 53.6 Å². The number of hydrogen-bond donors (Lipinski definition) is 3. The SMILES string of the molecule is C[C@@H]1CN([C@H](C)CO)C(=O)Cc2cc(NC(=O)Nc3ccc(C(F)(F)F)cc3)ccc2O[C@H]1CN(C)C. The summed E-state index contributed by atoms with van der Waals surface area (Å²) in [6, 6.07) is 8.06. The summed E-state index contributed by atoms with van der Waals surface area (Å²) in [5.41, 5.74) is 0.344. The highest BCUT2D eigenvalue weighted by molar-refractivity contribution is 6.00. The van der Waals surface area contributed by atoms with Crippen LogP contribution in [0.15, 0.2) is 42.5 Å². The lowest BCUT2D eigenvalue weighted by molar-refractivity contribution is -0.137. The lowest BCUT2D eigenvalue weighted by Gasteiger charge is -2.33. The molecule has 0 fully saturated rings. The van der Waals surface area contributed by atoms with Crippen LogP contribution in [0.1, 0.15) is 25.0 Å². The minimum Gasteiger partial charge on any atom is -0.488 e. The van der Waals surface area contributed by atoms with Crippen LogP contribution in [0.25, 0.3) is 0 Å². The molecule has 1 aliphatic rings. The number of anilines is 2. The molecule has 1 heterocycles. The second kappa shape index (κ2) is 11.8. The molecular formula is C26H33F3N4O4. The van der Waals surface area contributed by atoms with Gasteiger partial charge in [0.1, 0.15) is 11.9 Å². The van der Waals surface area contributed by atoms with Crippen LogP contribution < -0.4 is 15.4 Å². The summed E-state index contributed by atoms with van der Waals surface area (Å²) in [5.74, 6) is 0.341. The second-order valence-corrected chi connectivity index (χ2v) is 9.63. The van der Waals surface area contributed by atoms with Crippen molar-refractivity contribution in [2.45, 2.75) is 38.6 Å². The van der Waals surface area contributed by atoms with Crippen LogP contribution in [0.2, 0.25) is 0 Å². The fourth-order valence-corrected chi connectivity index (χ4v) is 4.12. The van der Waals surface area contributed by atoms with E-state index in [-0.39, 0.29) is 42.7 Å². The van der Waals surface area contributed by atoms with Gasteiger partial charge in [-0.2, -0.15) is 13.2 Å². The summed E-state index contributed by atoms with van der Waals surface area (Å²) < 4.78 is 44.6. The van der Waals surface area contributed by atoms with Crippen molar-refractivity contribution in [3.63, 3.8) is 0 Å². The first-order valence-electron chi connectivity index (χ1n) is 12.0. The van der Waals surface area contributed by atoms with E-state index in [4.69, 9.17) is 4.74 Å². The number of amides is 3. The Labute approximate surface area is 214 Å². The number of ether oxygens (including phenoxy) is 1. The highest BCUT2D eigenvalue weighted by atomic mass is 19.4.